The molecule has 0 bridgehead atoms. The molecule has 28 heavy (non-hydrogen) atoms. The summed E-state index contributed by atoms with van der Waals surface area (Å²) in [6, 6.07) is -1.13. The van der Waals surface area contributed by atoms with Crippen molar-refractivity contribution >= 4 is 11.9 Å². The first-order valence-electron chi connectivity index (χ1n) is 10.5. The van der Waals surface area contributed by atoms with Crippen LogP contribution in [-0.2, 0) is 19.1 Å². The molecule has 0 amide bonds. The monoisotopic (exact) mass is 402 g/mol. The second-order valence-corrected chi connectivity index (χ2v) is 8.41. The lowest BCUT2D eigenvalue weighted by Crippen LogP contribution is -2.51. The highest BCUT2D eigenvalue weighted by Crippen LogP contribution is 2.41. The molecule has 0 aromatic rings. The van der Waals surface area contributed by atoms with Crippen LogP contribution in [0.3, 0.4) is 0 Å². The lowest BCUT2D eigenvalue weighted by molar-refractivity contribution is -0.149. The predicted molar refractivity (Wildman–Crippen MR) is 98.9 cm³/mol. The summed E-state index contributed by atoms with van der Waals surface area (Å²) in [6.45, 7) is 4.96. The highest BCUT2D eigenvalue weighted by Gasteiger charge is 2.49. The highest BCUT2D eigenvalue weighted by molar-refractivity contribution is 5.76. The number of rotatable bonds is 6. The maximum atomic E-state index is 14.0. The van der Waals surface area contributed by atoms with E-state index < -0.39 is 24.4 Å². The van der Waals surface area contributed by atoms with E-state index in [1.807, 2.05) is 0 Å². The number of nitrogens with zero attached hydrogens (tertiary/aromatic N) is 1. The fourth-order valence-electron chi connectivity index (χ4n) is 5.13. The first-order valence-corrected chi connectivity index (χ1v) is 10.5. The third-order valence-corrected chi connectivity index (χ3v) is 6.40. The third kappa shape index (κ3) is 5.00. The summed E-state index contributed by atoms with van der Waals surface area (Å²) in [5.74, 6) is -2.44. The van der Waals surface area contributed by atoms with Crippen molar-refractivity contribution < 1.29 is 27.8 Å². The van der Waals surface area contributed by atoms with E-state index in [0.717, 1.165) is 32.2 Å². The number of carbonyl (C=O) groups is 2. The van der Waals surface area contributed by atoms with Crippen molar-refractivity contribution in [3.05, 3.63) is 0 Å². The van der Waals surface area contributed by atoms with Gasteiger partial charge < -0.3 is 14.8 Å². The van der Waals surface area contributed by atoms with Gasteiger partial charge in [-0.25, -0.2) is 8.78 Å². The van der Waals surface area contributed by atoms with E-state index in [2.05, 4.69) is 5.32 Å². The molecule has 0 unspecified atom stereocenters. The number of hydrogen-bond acceptors (Lipinski definition) is 6. The Kier molecular flexibility index (Phi) is 6.91. The molecule has 3 fully saturated rings. The molecule has 5 atom stereocenters. The SMILES string of the molecule is CCOC(=O)[C@@H]1C[C@H]2C[C@@H](CN3CC(F)(F)C[C@H]3C(=O)OCC)CC[C@H]2CN1. The number of piperidine rings is 1. The Bertz CT molecular complexity index is 574. The first kappa shape index (κ1) is 21.4. The van der Waals surface area contributed by atoms with Gasteiger partial charge in [0.05, 0.1) is 19.8 Å². The molecule has 2 saturated heterocycles. The summed E-state index contributed by atoms with van der Waals surface area (Å²) in [7, 11) is 0. The van der Waals surface area contributed by atoms with Crippen LogP contribution < -0.4 is 5.32 Å². The molecular weight excluding hydrogens is 370 g/mol. The normalized spacial score (nSPS) is 35.2. The minimum atomic E-state index is -2.85. The van der Waals surface area contributed by atoms with Crippen LogP contribution in [-0.4, -0.2) is 67.7 Å². The van der Waals surface area contributed by atoms with E-state index in [1.54, 1.807) is 18.7 Å². The van der Waals surface area contributed by atoms with Gasteiger partial charge in [-0.3, -0.25) is 14.5 Å². The van der Waals surface area contributed by atoms with Crippen molar-refractivity contribution in [2.24, 2.45) is 17.8 Å². The molecule has 0 radical (unpaired) electrons. The van der Waals surface area contributed by atoms with Crippen LogP contribution >= 0.6 is 0 Å². The van der Waals surface area contributed by atoms with Gasteiger partial charge in [0.15, 0.2) is 0 Å². The van der Waals surface area contributed by atoms with Crippen molar-refractivity contribution in [2.75, 3.05) is 32.8 Å². The summed E-state index contributed by atoms with van der Waals surface area (Å²) in [6.07, 6.45) is 3.16. The number of hydrogen-bond donors (Lipinski definition) is 1. The maximum absolute atomic E-state index is 14.0. The van der Waals surface area contributed by atoms with Crippen LogP contribution in [0.15, 0.2) is 0 Å². The van der Waals surface area contributed by atoms with Gasteiger partial charge in [0, 0.05) is 13.0 Å². The van der Waals surface area contributed by atoms with Crippen LogP contribution in [0.1, 0.15) is 46.0 Å². The average molecular weight is 402 g/mol. The molecule has 8 heteroatoms. The zero-order valence-electron chi connectivity index (χ0n) is 16.8. The number of likely N-dealkylation sites (tertiary alicyclic amines) is 1. The van der Waals surface area contributed by atoms with Gasteiger partial charge >= 0.3 is 11.9 Å². The van der Waals surface area contributed by atoms with E-state index in [4.69, 9.17) is 9.47 Å². The molecule has 3 aliphatic rings. The van der Waals surface area contributed by atoms with Crippen LogP contribution in [0.2, 0.25) is 0 Å². The van der Waals surface area contributed by atoms with Gasteiger partial charge in [0.1, 0.15) is 12.1 Å². The Labute approximate surface area is 165 Å². The molecule has 1 aliphatic carbocycles. The number of ether oxygens (including phenoxy) is 2. The number of halogens is 2. The smallest absolute Gasteiger partial charge is 0.323 e. The number of nitrogens with one attached hydrogen (secondary N) is 1. The molecular formula is C20H32F2N2O4. The Morgan fingerprint density at radius 1 is 1.07 bits per heavy atom. The topological polar surface area (TPSA) is 67.9 Å². The molecule has 160 valence electrons. The fourth-order valence-corrected chi connectivity index (χ4v) is 5.13. The molecule has 0 spiro atoms. The van der Waals surface area contributed by atoms with Crippen LogP contribution in [0.25, 0.3) is 0 Å². The van der Waals surface area contributed by atoms with E-state index >= 15 is 0 Å². The van der Waals surface area contributed by atoms with Gasteiger partial charge in [-0.05, 0) is 63.8 Å². The molecule has 6 nitrogen and oxygen atoms in total. The molecule has 2 heterocycles. The average Bonchev–Trinajstić information content (AvgIpc) is 2.96. The predicted octanol–water partition coefficient (Wildman–Crippen LogP) is 2.22. The number of esters is 2. The van der Waals surface area contributed by atoms with Crippen LogP contribution in [0.4, 0.5) is 8.78 Å². The first-order chi connectivity index (χ1) is 13.3. The van der Waals surface area contributed by atoms with Crippen LogP contribution in [0.5, 0.6) is 0 Å². The van der Waals surface area contributed by atoms with Crippen molar-refractivity contribution in [3.63, 3.8) is 0 Å². The Morgan fingerprint density at radius 2 is 1.79 bits per heavy atom. The molecule has 1 N–H and O–H groups in total. The fraction of sp³-hybridized carbons (Fsp3) is 0.900. The molecule has 2 aliphatic heterocycles. The summed E-state index contributed by atoms with van der Waals surface area (Å²) >= 11 is 0. The standard InChI is InChI=1S/C20H32F2N2O4/c1-3-27-18(25)16-8-15-7-13(5-6-14(15)10-23-16)11-24-12-20(21,22)9-17(24)19(26)28-4-2/h13-17,23H,3-12H2,1-2H3/t13-,14-,15+,16-,17-/m0/s1. The third-order valence-electron chi connectivity index (χ3n) is 6.40. The Hall–Kier alpha value is -1.28. The zero-order valence-corrected chi connectivity index (χ0v) is 16.8. The largest absolute Gasteiger partial charge is 0.465 e. The summed E-state index contributed by atoms with van der Waals surface area (Å²) in [5.41, 5.74) is 0. The van der Waals surface area contributed by atoms with Crippen molar-refractivity contribution in [1.82, 2.24) is 10.2 Å². The summed E-state index contributed by atoms with van der Waals surface area (Å²) < 4.78 is 38.1. The maximum Gasteiger partial charge on any atom is 0.323 e. The van der Waals surface area contributed by atoms with Gasteiger partial charge in [-0.1, -0.05) is 0 Å². The van der Waals surface area contributed by atoms with E-state index in [-0.39, 0.29) is 31.1 Å². The number of alkyl halides is 2. The highest BCUT2D eigenvalue weighted by atomic mass is 19.3. The van der Waals surface area contributed by atoms with E-state index in [0.29, 0.717) is 25.0 Å². The van der Waals surface area contributed by atoms with Crippen molar-refractivity contribution in [3.8, 4) is 0 Å². The molecule has 1 saturated carbocycles. The second-order valence-electron chi connectivity index (χ2n) is 8.41. The second kappa shape index (κ2) is 9.03. The Morgan fingerprint density at radius 3 is 2.50 bits per heavy atom. The quantitative estimate of drug-likeness (QED) is 0.687. The lowest BCUT2D eigenvalue weighted by Gasteiger charge is -2.43. The van der Waals surface area contributed by atoms with Gasteiger partial charge in [-0.15, -0.1) is 0 Å². The molecule has 0 aromatic carbocycles. The molecule has 3 rings (SSSR count). The number of carbonyl (C=O) groups excluding carboxylic acids is 2. The minimum absolute atomic E-state index is 0.199. The lowest BCUT2D eigenvalue weighted by atomic mass is 9.69. The van der Waals surface area contributed by atoms with Crippen molar-refractivity contribution in [2.45, 2.75) is 64.0 Å². The zero-order chi connectivity index (χ0) is 20.3. The van der Waals surface area contributed by atoms with Crippen molar-refractivity contribution in [1.29, 1.82) is 0 Å². The summed E-state index contributed by atoms with van der Waals surface area (Å²) in [4.78, 5) is 25.8. The summed E-state index contributed by atoms with van der Waals surface area (Å²) in [5, 5.41) is 3.29. The van der Waals surface area contributed by atoms with Gasteiger partial charge in [0.25, 0.3) is 5.92 Å². The Balaban J connectivity index is 1.59. The van der Waals surface area contributed by atoms with Gasteiger partial charge in [-0.2, -0.15) is 0 Å². The molecule has 0 aromatic heterocycles. The van der Waals surface area contributed by atoms with Crippen LogP contribution in [0, 0.1) is 17.8 Å². The van der Waals surface area contributed by atoms with Gasteiger partial charge in [0.2, 0.25) is 0 Å². The number of fused-ring (bicyclic) bond motifs is 1. The minimum Gasteiger partial charge on any atom is -0.465 e. The van der Waals surface area contributed by atoms with E-state index in [1.165, 1.54) is 0 Å². The van der Waals surface area contributed by atoms with E-state index in [9.17, 15) is 18.4 Å².